The average Bonchev–Trinajstić information content (AvgIpc) is 2.03. The fourth-order valence-corrected chi connectivity index (χ4v) is 2.35. The number of hydrogen-bond donors (Lipinski definition) is 2. The summed E-state index contributed by atoms with van der Waals surface area (Å²) in [5.74, 6) is 0. The lowest BCUT2D eigenvalue weighted by atomic mass is 9.80. The van der Waals surface area contributed by atoms with Crippen molar-refractivity contribution in [2.75, 3.05) is 6.61 Å². The number of nitrogens with one attached hydrogen (secondary N) is 1. The van der Waals surface area contributed by atoms with Gasteiger partial charge in [0.15, 0.2) is 0 Å². The van der Waals surface area contributed by atoms with E-state index in [1.54, 1.807) is 0 Å². The average molecular weight is 185 g/mol. The second-order valence-electron chi connectivity index (χ2n) is 5.37. The normalized spacial score (nSPS) is 23.1. The van der Waals surface area contributed by atoms with Crippen LogP contribution in [0.5, 0.6) is 0 Å². The highest BCUT2D eigenvalue weighted by Gasteiger charge is 2.34. The lowest BCUT2D eigenvalue weighted by Gasteiger charge is -2.42. The third-order valence-electron chi connectivity index (χ3n) is 2.75. The summed E-state index contributed by atoms with van der Waals surface area (Å²) in [7, 11) is 0. The van der Waals surface area contributed by atoms with Gasteiger partial charge in [-0.05, 0) is 33.6 Å². The van der Waals surface area contributed by atoms with Gasteiger partial charge >= 0.3 is 0 Å². The van der Waals surface area contributed by atoms with Crippen LogP contribution in [0.2, 0.25) is 0 Å². The van der Waals surface area contributed by atoms with Crippen LogP contribution in [0.1, 0.15) is 52.9 Å². The summed E-state index contributed by atoms with van der Waals surface area (Å²) in [6.45, 7) is 6.78. The van der Waals surface area contributed by atoms with Crippen LogP contribution in [0.4, 0.5) is 0 Å². The molecule has 0 saturated heterocycles. The summed E-state index contributed by atoms with van der Waals surface area (Å²) in [6, 6.07) is 0. The first-order chi connectivity index (χ1) is 5.97. The molecule has 1 saturated carbocycles. The van der Waals surface area contributed by atoms with Gasteiger partial charge in [0.25, 0.3) is 0 Å². The minimum atomic E-state index is 0.0104. The molecule has 0 aromatic carbocycles. The Morgan fingerprint density at radius 2 is 1.69 bits per heavy atom. The number of aliphatic hydroxyl groups excluding tert-OH is 1. The summed E-state index contributed by atoms with van der Waals surface area (Å²) >= 11 is 0. The summed E-state index contributed by atoms with van der Waals surface area (Å²) in [5, 5.41) is 13.0. The monoisotopic (exact) mass is 185 g/mol. The smallest absolute Gasteiger partial charge is 0.0613 e. The summed E-state index contributed by atoms with van der Waals surface area (Å²) < 4.78 is 0. The first-order valence-electron chi connectivity index (χ1n) is 5.38. The lowest BCUT2D eigenvalue weighted by molar-refractivity contribution is 0.0950. The molecule has 0 spiro atoms. The van der Waals surface area contributed by atoms with Gasteiger partial charge in [-0.25, -0.2) is 0 Å². The summed E-state index contributed by atoms with van der Waals surface area (Å²) in [5.41, 5.74) is 0.122. The molecule has 1 fully saturated rings. The number of hydrogen-bond acceptors (Lipinski definition) is 2. The maximum absolute atomic E-state index is 9.44. The van der Waals surface area contributed by atoms with E-state index in [-0.39, 0.29) is 17.7 Å². The molecule has 1 aliphatic carbocycles. The molecule has 0 unspecified atom stereocenters. The van der Waals surface area contributed by atoms with Gasteiger partial charge in [0.1, 0.15) is 0 Å². The minimum absolute atomic E-state index is 0.0104. The van der Waals surface area contributed by atoms with Crippen LogP contribution in [0.15, 0.2) is 0 Å². The molecule has 0 amide bonds. The Labute approximate surface area is 81.7 Å². The number of rotatable bonds is 2. The Hall–Kier alpha value is -0.0800. The maximum atomic E-state index is 9.44. The Balaban J connectivity index is 2.57. The highest BCUT2D eigenvalue weighted by molar-refractivity contribution is 4.94. The minimum Gasteiger partial charge on any atom is -0.394 e. The zero-order valence-corrected chi connectivity index (χ0v) is 9.19. The van der Waals surface area contributed by atoms with Crippen molar-refractivity contribution in [3.05, 3.63) is 0 Å². The molecule has 0 bridgehead atoms. The van der Waals surface area contributed by atoms with E-state index >= 15 is 0 Å². The largest absolute Gasteiger partial charge is 0.394 e. The Morgan fingerprint density at radius 3 is 2.08 bits per heavy atom. The fraction of sp³-hybridized carbons (Fsp3) is 1.00. The third-order valence-corrected chi connectivity index (χ3v) is 2.75. The van der Waals surface area contributed by atoms with E-state index in [1.807, 2.05) is 0 Å². The second-order valence-corrected chi connectivity index (χ2v) is 5.37. The van der Waals surface area contributed by atoms with Gasteiger partial charge in [0.05, 0.1) is 6.61 Å². The first-order valence-corrected chi connectivity index (χ1v) is 5.38. The van der Waals surface area contributed by atoms with Gasteiger partial charge in [-0.15, -0.1) is 0 Å². The van der Waals surface area contributed by atoms with Crippen molar-refractivity contribution in [3.63, 3.8) is 0 Å². The standard InChI is InChI=1S/C11H23NO/c1-10(2,3)12-11(9-13)7-5-4-6-8-11/h12-13H,4-9H2,1-3H3. The zero-order valence-electron chi connectivity index (χ0n) is 9.19. The molecule has 0 radical (unpaired) electrons. The van der Waals surface area contributed by atoms with Crippen molar-refractivity contribution in [1.82, 2.24) is 5.32 Å². The van der Waals surface area contributed by atoms with E-state index in [2.05, 4.69) is 26.1 Å². The van der Waals surface area contributed by atoms with Crippen molar-refractivity contribution in [3.8, 4) is 0 Å². The van der Waals surface area contributed by atoms with E-state index in [1.165, 1.54) is 19.3 Å². The van der Waals surface area contributed by atoms with Crippen LogP contribution in [0.3, 0.4) is 0 Å². The summed E-state index contributed by atoms with van der Waals surface area (Å²) in [4.78, 5) is 0. The predicted molar refractivity (Wildman–Crippen MR) is 55.8 cm³/mol. The van der Waals surface area contributed by atoms with Crippen molar-refractivity contribution >= 4 is 0 Å². The van der Waals surface area contributed by atoms with Crippen LogP contribution < -0.4 is 5.32 Å². The van der Waals surface area contributed by atoms with Gasteiger partial charge in [-0.2, -0.15) is 0 Å². The molecule has 78 valence electrons. The molecule has 0 aliphatic heterocycles. The molecule has 2 N–H and O–H groups in total. The molecular formula is C11H23NO. The van der Waals surface area contributed by atoms with Crippen LogP contribution in [0.25, 0.3) is 0 Å². The van der Waals surface area contributed by atoms with E-state index < -0.39 is 0 Å². The van der Waals surface area contributed by atoms with Gasteiger partial charge in [0, 0.05) is 11.1 Å². The molecule has 0 aromatic rings. The topological polar surface area (TPSA) is 32.3 Å². The van der Waals surface area contributed by atoms with Crippen LogP contribution in [-0.2, 0) is 0 Å². The van der Waals surface area contributed by atoms with Crippen molar-refractivity contribution in [1.29, 1.82) is 0 Å². The second kappa shape index (κ2) is 3.97. The number of aliphatic hydroxyl groups is 1. The SMILES string of the molecule is CC(C)(C)NC1(CO)CCCCC1. The molecule has 13 heavy (non-hydrogen) atoms. The Bertz CT molecular complexity index is 154. The molecular weight excluding hydrogens is 162 g/mol. The lowest BCUT2D eigenvalue weighted by Crippen LogP contribution is -2.57. The molecule has 2 heteroatoms. The molecule has 0 atom stereocenters. The van der Waals surface area contributed by atoms with Gasteiger partial charge in [0.2, 0.25) is 0 Å². The highest BCUT2D eigenvalue weighted by atomic mass is 16.3. The van der Waals surface area contributed by atoms with Crippen molar-refractivity contribution in [2.24, 2.45) is 0 Å². The highest BCUT2D eigenvalue weighted by Crippen LogP contribution is 2.29. The van der Waals surface area contributed by atoms with Crippen LogP contribution in [-0.4, -0.2) is 22.8 Å². The predicted octanol–water partition coefficient (Wildman–Crippen LogP) is 2.07. The first kappa shape index (κ1) is 11.0. The molecule has 1 rings (SSSR count). The van der Waals surface area contributed by atoms with Crippen LogP contribution >= 0.6 is 0 Å². The molecule has 2 nitrogen and oxygen atoms in total. The zero-order chi connectivity index (χ0) is 9.95. The molecule has 0 aromatic heterocycles. The van der Waals surface area contributed by atoms with Crippen molar-refractivity contribution < 1.29 is 5.11 Å². The molecule has 0 heterocycles. The van der Waals surface area contributed by atoms with E-state index in [4.69, 9.17) is 0 Å². The van der Waals surface area contributed by atoms with E-state index in [0.717, 1.165) is 12.8 Å². The molecule has 1 aliphatic rings. The Kier molecular flexibility index (Phi) is 3.36. The van der Waals surface area contributed by atoms with E-state index in [0.29, 0.717) is 0 Å². The van der Waals surface area contributed by atoms with E-state index in [9.17, 15) is 5.11 Å². The summed E-state index contributed by atoms with van der Waals surface area (Å²) in [6.07, 6.45) is 6.09. The van der Waals surface area contributed by atoms with Crippen molar-refractivity contribution in [2.45, 2.75) is 64.0 Å². The van der Waals surface area contributed by atoms with Crippen LogP contribution in [0, 0.1) is 0 Å². The van der Waals surface area contributed by atoms with Gasteiger partial charge in [-0.3, -0.25) is 0 Å². The maximum Gasteiger partial charge on any atom is 0.0613 e. The Morgan fingerprint density at radius 1 is 1.15 bits per heavy atom. The van der Waals surface area contributed by atoms with Gasteiger partial charge in [-0.1, -0.05) is 19.3 Å². The quantitative estimate of drug-likeness (QED) is 0.690. The fourth-order valence-electron chi connectivity index (χ4n) is 2.35. The van der Waals surface area contributed by atoms with Gasteiger partial charge < -0.3 is 10.4 Å². The third kappa shape index (κ3) is 3.28.